The van der Waals surface area contributed by atoms with Gasteiger partial charge in [0.2, 0.25) is 5.91 Å². The minimum atomic E-state index is -0.850. The van der Waals surface area contributed by atoms with Crippen molar-refractivity contribution in [3.8, 4) is 0 Å². The second-order valence-electron chi connectivity index (χ2n) is 24.6. The van der Waals surface area contributed by atoms with Gasteiger partial charge in [-0.2, -0.15) is 0 Å². The van der Waals surface area contributed by atoms with Crippen molar-refractivity contribution in [1.29, 1.82) is 0 Å². The maximum Gasteiger partial charge on any atom is 0.305 e. The number of unbranched alkanes of at least 4 members (excludes halogenated alkanes) is 52. The number of amides is 1. The molecule has 6 nitrogen and oxygen atoms in total. The number of nitrogens with one attached hydrogen (secondary N) is 1. The molecule has 0 aliphatic heterocycles. The lowest BCUT2D eigenvalue weighted by Gasteiger charge is -2.20. The van der Waals surface area contributed by atoms with Crippen LogP contribution in [0.15, 0.2) is 36.5 Å². The monoisotopic (exact) mass is 1110 g/mol. The van der Waals surface area contributed by atoms with Gasteiger partial charge in [0.05, 0.1) is 25.4 Å². The van der Waals surface area contributed by atoms with Crippen LogP contribution in [-0.4, -0.2) is 47.4 Å². The zero-order chi connectivity index (χ0) is 57.1. The van der Waals surface area contributed by atoms with Gasteiger partial charge >= 0.3 is 5.97 Å². The fourth-order valence-electron chi connectivity index (χ4n) is 11.2. The molecular formula is C73H139NO5. The number of esters is 1. The third-order valence-corrected chi connectivity index (χ3v) is 16.6. The van der Waals surface area contributed by atoms with E-state index < -0.39 is 12.1 Å². The molecule has 0 bridgehead atoms. The summed E-state index contributed by atoms with van der Waals surface area (Å²) in [6.07, 6.45) is 87.9. The zero-order valence-electron chi connectivity index (χ0n) is 53.4. The highest BCUT2D eigenvalue weighted by molar-refractivity contribution is 5.76. The largest absolute Gasteiger partial charge is 0.466 e. The molecule has 3 N–H and O–H groups in total. The van der Waals surface area contributed by atoms with E-state index in [0.717, 1.165) is 51.4 Å². The molecule has 1 amide bonds. The predicted molar refractivity (Wildman–Crippen MR) is 347 cm³/mol. The van der Waals surface area contributed by atoms with E-state index in [1.54, 1.807) is 6.08 Å². The molecule has 0 aromatic carbocycles. The van der Waals surface area contributed by atoms with Crippen LogP contribution in [0, 0.1) is 0 Å². The van der Waals surface area contributed by atoms with Gasteiger partial charge in [0.25, 0.3) is 0 Å². The van der Waals surface area contributed by atoms with Gasteiger partial charge in [-0.1, -0.05) is 333 Å². The molecule has 0 fully saturated rings. The number of aliphatic hydroxyl groups is 2. The van der Waals surface area contributed by atoms with E-state index in [4.69, 9.17) is 4.74 Å². The molecule has 2 unspecified atom stereocenters. The highest BCUT2D eigenvalue weighted by atomic mass is 16.5. The summed E-state index contributed by atoms with van der Waals surface area (Å²) < 4.78 is 5.51. The summed E-state index contributed by atoms with van der Waals surface area (Å²) in [6.45, 7) is 4.93. The van der Waals surface area contributed by atoms with Crippen molar-refractivity contribution in [2.75, 3.05) is 13.2 Å². The average Bonchev–Trinajstić information content (AvgIpc) is 3.45. The smallest absolute Gasteiger partial charge is 0.305 e. The number of allylic oxidation sites excluding steroid dienone is 5. The van der Waals surface area contributed by atoms with Gasteiger partial charge in [0, 0.05) is 12.8 Å². The predicted octanol–water partition coefficient (Wildman–Crippen LogP) is 23.1. The first-order valence-electron chi connectivity index (χ1n) is 35.8. The Kier molecular flexibility index (Phi) is 66.9. The number of carbonyl (C=O) groups is 2. The van der Waals surface area contributed by atoms with Crippen LogP contribution in [-0.2, 0) is 14.3 Å². The minimum absolute atomic E-state index is 0.00962. The van der Waals surface area contributed by atoms with Crippen LogP contribution >= 0.6 is 0 Å². The topological polar surface area (TPSA) is 95.9 Å². The van der Waals surface area contributed by atoms with Crippen molar-refractivity contribution >= 4 is 11.9 Å². The molecule has 2 atom stereocenters. The van der Waals surface area contributed by atoms with E-state index in [1.165, 1.54) is 315 Å². The molecule has 466 valence electrons. The van der Waals surface area contributed by atoms with E-state index in [9.17, 15) is 19.8 Å². The van der Waals surface area contributed by atoms with E-state index >= 15 is 0 Å². The van der Waals surface area contributed by atoms with Gasteiger partial charge in [-0.3, -0.25) is 9.59 Å². The van der Waals surface area contributed by atoms with Crippen molar-refractivity contribution in [3.05, 3.63) is 36.5 Å². The van der Waals surface area contributed by atoms with Crippen LogP contribution in [0.25, 0.3) is 0 Å². The van der Waals surface area contributed by atoms with Crippen molar-refractivity contribution in [3.63, 3.8) is 0 Å². The van der Waals surface area contributed by atoms with Gasteiger partial charge in [-0.25, -0.2) is 0 Å². The second kappa shape index (κ2) is 68.6. The molecule has 79 heavy (non-hydrogen) atoms. The average molecular weight is 1110 g/mol. The van der Waals surface area contributed by atoms with Crippen LogP contribution in [0.5, 0.6) is 0 Å². The van der Waals surface area contributed by atoms with Gasteiger partial charge in [0.15, 0.2) is 0 Å². The van der Waals surface area contributed by atoms with E-state index in [-0.39, 0.29) is 18.5 Å². The third-order valence-electron chi connectivity index (χ3n) is 16.6. The Hall–Kier alpha value is -1.92. The van der Waals surface area contributed by atoms with Crippen molar-refractivity contribution in [2.24, 2.45) is 0 Å². The summed E-state index contributed by atoms with van der Waals surface area (Å²) in [7, 11) is 0. The molecule has 0 saturated heterocycles. The van der Waals surface area contributed by atoms with Crippen molar-refractivity contribution in [2.45, 2.75) is 405 Å². The Morgan fingerprint density at radius 1 is 0.342 bits per heavy atom. The molecule has 0 saturated carbocycles. The fraction of sp³-hybridized carbons (Fsp3) is 0.890. The molecule has 6 heteroatoms. The first kappa shape index (κ1) is 77.1. The lowest BCUT2D eigenvalue weighted by atomic mass is 10.0. The summed E-state index contributed by atoms with van der Waals surface area (Å²) in [6, 6.07) is -0.634. The van der Waals surface area contributed by atoms with E-state index in [1.807, 2.05) is 6.08 Å². The Balaban J connectivity index is 3.43. The van der Waals surface area contributed by atoms with Crippen LogP contribution in [0.1, 0.15) is 393 Å². The van der Waals surface area contributed by atoms with Crippen molar-refractivity contribution < 1.29 is 24.5 Å². The maximum atomic E-state index is 12.5. The van der Waals surface area contributed by atoms with Crippen LogP contribution in [0.4, 0.5) is 0 Å². The number of aliphatic hydroxyl groups excluding tert-OH is 2. The Morgan fingerprint density at radius 3 is 0.899 bits per heavy atom. The SMILES string of the molecule is CCCCCCCC/C=C\CCCCCCCCCCCC(=O)OCCCCCCCCCCCCC/C=C\CCCCCCCCCC(=O)NC(CO)C(O)/C=C/CCCCCCCCCCCCCCCCCCCCC. The number of rotatable bonds is 67. The number of ether oxygens (including phenoxy) is 1. The summed E-state index contributed by atoms with van der Waals surface area (Å²) >= 11 is 0. The second-order valence-corrected chi connectivity index (χ2v) is 24.6. The van der Waals surface area contributed by atoms with Crippen LogP contribution < -0.4 is 5.32 Å². The Bertz CT molecular complexity index is 1280. The maximum absolute atomic E-state index is 12.5. The quantitative estimate of drug-likeness (QED) is 0.0320. The molecule has 0 spiro atoms. The lowest BCUT2D eigenvalue weighted by Crippen LogP contribution is -2.45. The number of hydrogen-bond acceptors (Lipinski definition) is 5. The minimum Gasteiger partial charge on any atom is -0.466 e. The van der Waals surface area contributed by atoms with E-state index in [2.05, 4.69) is 43.5 Å². The van der Waals surface area contributed by atoms with Crippen molar-refractivity contribution in [1.82, 2.24) is 5.32 Å². The first-order chi connectivity index (χ1) is 39.0. The Morgan fingerprint density at radius 2 is 0.595 bits per heavy atom. The van der Waals surface area contributed by atoms with Crippen LogP contribution in [0.2, 0.25) is 0 Å². The van der Waals surface area contributed by atoms with E-state index in [0.29, 0.717) is 19.4 Å². The molecule has 0 aromatic heterocycles. The third kappa shape index (κ3) is 65.1. The van der Waals surface area contributed by atoms with Crippen LogP contribution in [0.3, 0.4) is 0 Å². The standard InChI is InChI=1S/C73H139NO5/c1-3-5-7-9-11-13-15-17-19-21-23-26-30-33-37-41-45-49-53-57-61-65-71(76)70(69-75)74-72(77)66-62-58-54-50-46-42-38-34-31-27-24-25-28-32-36-40-44-48-52-56-60-64-68-79-73(78)67-63-59-55-51-47-43-39-35-29-22-20-18-16-14-12-10-8-6-4-2/h18,20,27,31,61,65,70-71,75-76H,3-17,19,21-26,28-30,32-60,62-64,66-69H2,1-2H3,(H,74,77)/b20-18-,31-27-,65-61+. The van der Waals surface area contributed by atoms with Gasteiger partial charge in [0.1, 0.15) is 0 Å². The number of hydrogen-bond donors (Lipinski definition) is 3. The molecule has 0 aromatic rings. The summed E-state index contributed by atoms with van der Waals surface area (Å²) in [5.41, 5.74) is 0. The summed E-state index contributed by atoms with van der Waals surface area (Å²) in [4.78, 5) is 24.6. The molecule has 0 radical (unpaired) electrons. The fourth-order valence-corrected chi connectivity index (χ4v) is 11.2. The lowest BCUT2D eigenvalue weighted by molar-refractivity contribution is -0.143. The summed E-state index contributed by atoms with van der Waals surface area (Å²) in [5.74, 6) is -0.0619. The highest BCUT2D eigenvalue weighted by Crippen LogP contribution is 2.18. The van der Waals surface area contributed by atoms with Gasteiger partial charge in [-0.05, 0) is 83.5 Å². The zero-order valence-corrected chi connectivity index (χ0v) is 53.4. The molecule has 0 aliphatic rings. The molecule has 0 aliphatic carbocycles. The Labute approximate surface area is 494 Å². The first-order valence-corrected chi connectivity index (χ1v) is 35.8. The van der Waals surface area contributed by atoms with Gasteiger partial charge in [-0.15, -0.1) is 0 Å². The normalized spacial score (nSPS) is 12.7. The highest BCUT2D eigenvalue weighted by Gasteiger charge is 2.18. The van der Waals surface area contributed by atoms with Gasteiger partial charge < -0.3 is 20.3 Å². The molecule has 0 rings (SSSR count). The summed E-state index contributed by atoms with van der Waals surface area (Å²) in [5, 5.41) is 23.2. The molecule has 0 heterocycles. The number of carbonyl (C=O) groups excluding carboxylic acids is 2. The molecular weight excluding hydrogens is 971 g/mol.